The minimum atomic E-state index is -0.683. The summed E-state index contributed by atoms with van der Waals surface area (Å²) in [4.78, 5) is 20.2. The molecule has 7 nitrogen and oxygen atoms in total. The minimum Gasteiger partial charge on any atom is -0.390 e. The Kier molecular flexibility index (Phi) is 6.50. The molecule has 1 saturated heterocycles. The van der Waals surface area contributed by atoms with E-state index in [4.69, 9.17) is 21.1 Å². The smallest absolute Gasteiger partial charge is 0.227 e. The number of hydrogen-bond donors (Lipinski definition) is 1. The second-order valence-electron chi connectivity index (χ2n) is 11.2. The summed E-state index contributed by atoms with van der Waals surface area (Å²) in [6.07, 6.45) is 4.79. The number of piperidine rings is 1. The van der Waals surface area contributed by atoms with E-state index in [1.54, 1.807) is 11.0 Å². The van der Waals surface area contributed by atoms with Crippen LogP contribution in [0.25, 0.3) is 22.2 Å². The van der Waals surface area contributed by atoms with Crippen LogP contribution in [-0.4, -0.2) is 31.3 Å². The van der Waals surface area contributed by atoms with Crippen molar-refractivity contribution < 1.29 is 18.8 Å². The van der Waals surface area contributed by atoms with E-state index in [1.807, 2.05) is 20.8 Å². The average Bonchev–Trinajstić information content (AvgIpc) is 3.44. The molecule has 1 atom stereocenters. The van der Waals surface area contributed by atoms with Crippen molar-refractivity contribution >= 4 is 34.2 Å². The van der Waals surface area contributed by atoms with Crippen LogP contribution in [0, 0.1) is 19.7 Å². The number of nitrogens with zero attached hydrogens (tertiary/aromatic N) is 4. The minimum absolute atomic E-state index is 0.0214. The molecule has 0 spiro atoms. The molecule has 2 aromatic carbocycles. The highest BCUT2D eigenvalue weighted by atomic mass is 35.5. The number of fused-ring (bicyclic) bond motifs is 1. The summed E-state index contributed by atoms with van der Waals surface area (Å²) < 4.78 is 22.2. The number of anilines is 1. The van der Waals surface area contributed by atoms with Crippen molar-refractivity contribution in [2.24, 2.45) is 0 Å². The molecule has 1 amide bonds. The van der Waals surface area contributed by atoms with E-state index in [0.29, 0.717) is 31.4 Å². The van der Waals surface area contributed by atoms with Crippen LogP contribution in [0.2, 0.25) is 5.02 Å². The molecule has 9 heteroatoms. The molecule has 0 unspecified atom stereocenters. The monoisotopic (exact) mass is 550 g/mol. The largest absolute Gasteiger partial charge is 0.390 e. The normalized spacial score (nSPS) is 24.1. The standard InChI is InChI=1S/C30H32ClFN4O3/c1-17-28(18(2)39-34-17)19-7-10-25-24(15-19)33-29(36(25)20-11-13-30(3,38)14-12-20)26-5-4-6-27(37)35(26)21-8-9-22(31)23(32)16-21/h7-10,15-16,20,26,38H,4-6,11-14H2,1-3H3/t20?,26-,30?/m0/s1. The summed E-state index contributed by atoms with van der Waals surface area (Å²) in [6, 6.07) is 10.5. The van der Waals surface area contributed by atoms with Crippen molar-refractivity contribution in [2.45, 2.75) is 83.4 Å². The quantitative estimate of drug-likeness (QED) is 0.290. The molecule has 1 N–H and O–H groups in total. The number of aromatic nitrogens is 3. The highest BCUT2D eigenvalue weighted by Crippen LogP contribution is 2.43. The number of carbonyl (C=O) groups excluding carboxylic acids is 1. The lowest BCUT2D eigenvalue weighted by molar-refractivity contribution is -0.120. The second-order valence-corrected chi connectivity index (χ2v) is 11.6. The Labute approximate surface area is 231 Å². The first-order valence-corrected chi connectivity index (χ1v) is 14.0. The Hall–Kier alpha value is -3.23. The van der Waals surface area contributed by atoms with Gasteiger partial charge in [0.15, 0.2) is 0 Å². The van der Waals surface area contributed by atoms with E-state index in [1.165, 1.54) is 12.1 Å². The third-order valence-electron chi connectivity index (χ3n) is 8.36. The van der Waals surface area contributed by atoms with Gasteiger partial charge in [0.2, 0.25) is 5.91 Å². The van der Waals surface area contributed by atoms with E-state index in [-0.39, 0.29) is 23.0 Å². The SMILES string of the molecule is Cc1noc(C)c1-c1ccc2c(c1)nc([C@@H]1CCCC(=O)N1c1ccc(Cl)c(F)c1)n2C1CCC(C)(O)CC1. The molecule has 1 saturated carbocycles. The first-order valence-electron chi connectivity index (χ1n) is 13.6. The van der Waals surface area contributed by atoms with Crippen LogP contribution >= 0.6 is 11.6 Å². The summed E-state index contributed by atoms with van der Waals surface area (Å²) in [5, 5.41) is 14.8. The fourth-order valence-electron chi connectivity index (χ4n) is 6.34. The van der Waals surface area contributed by atoms with Gasteiger partial charge in [-0.25, -0.2) is 9.37 Å². The van der Waals surface area contributed by atoms with Crippen molar-refractivity contribution in [1.29, 1.82) is 0 Å². The molecule has 0 bridgehead atoms. The number of amides is 1. The van der Waals surface area contributed by atoms with Crippen molar-refractivity contribution in [1.82, 2.24) is 14.7 Å². The Morgan fingerprint density at radius 3 is 2.59 bits per heavy atom. The average molecular weight is 551 g/mol. The number of rotatable bonds is 4. The number of benzene rings is 2. The van der Waals surface area contributed by atoms with Crippen molar-refractivity contribution in [3.63, 3.8) is 0 Å². The predicted octanol–water partition coefficient (Wildman–Crippen LogP) is 7.22. The molecule has 4 aromatic rings. The van der Waals surface area contributed by atoms with Gasteiger partial charge in [0, 0.05) is 23.7 Å². The maximum atomic E-state index is 14.5. The van der Waals surface area contributed by atoms with Crippen LogP contribution in [-0.2, 0) is 4.79 Å². The number of halogens is 2. The van der Waals surface area contributed by atoms with Crippen LogP contribution in [0.4, 0.5) is 10.1 Å². The van der Waals surface area contributed by atoms with E-state index in [2.05, 4.69) is 27.9 Å². The Bertz CT molecular complexity index is 1550. The number of carbonyl (C=O) groups is 1. The lowest BCUT2D eigenvalue weighted by Gasteiger charge is -2.38. The van der Waals surface area contributed by atoms with Gasteiger partial charge in [0.05, 0.1) is 33.4 Å². The number of aliphatic hydroxyl groups is 1. The van der Waals surface area contributed by atoms with Gasteiger partial charge in [-0.1, -0.05) is 22.8 Å². The molecule has 1 aliphatic heterocycles. The maximum absolute atomic E-state index is 14.5. The lowest BCUT2D eigenvalue weighted by Crippen LogP contribution is -2.40. The second kappa shape index (κ2) is 9.75. The Balaban J connectivity index is 1.51. The number of aryl methyl sites for hydroxylation is 2. The Morgan fingerprint density at radius 2 is 1.90 bits per heavy atom. The number of imidazole rings is 1. The van der Waals surface area contributed by atoms with Gasteiger partial charge in [-0.2, -0.15) is 0 Å². The molecular formula is C30H32ClFN4O3. The highest BCUT2D eigenvalue weighted by molar-refractivity contribution is 6.30. The molecule has 2 fully saturated rings. The van der Waals surface area contributed by atoms with E-state index in [0.717, 1.165) is 58.7 Å². The summed E-state index contributed by atoms with van der Waals surface area (Å²) in [5.74, 6) is 0.915. The number of hydrogen-bond acceptors (Lipinski definition) is 5. The van der Waals surface area contributed by atoms with Gasteiger partial charge in [0.25, 0.3) is 0 Å². The van der Waals surface area contributed by atoms with E-state index < -0.39 is 11.4 Å². The maximum Gasteiger partial charge on any atom is 0.227 e. The molecule has 2 aliphatic rings. The van der Waals surface area contributed by atoms with Crippen LogP contribution in [0.1, 0.15) is 81.2 Å². The molecule has 1 aliphatic carbocycles. The zero-order valence-corrected chi connectivity index (χ0v) is 23.1. The third-order valence-corrected chi connectivity index (χ3v) is 8.67. The molecule has 204 valence electrons. The fraction of sp³-hybridized carbons (Fsp3) is 0.433. The zero-order chi connectivity index (χ0) is 27.5. The topological polar surface area (TPSA) is 84.4 Å². The van der Waals surface area contributed by atoms with Gasteiger partial charge >= 0.3 is 0 Å². The molecule has 0 radical (unpaired) electrons. The van der Waals surface area contributed by atoms with Crippen molar-refractivity contribution in [3.8, 4) is 11.1 Å². The summed E-state index contributed by atoms with van der Waals surface area (Å²) in [6.45, 7) is 5.71. The van der Waals surface area contributed by atoms with Crippen LogP contribution < -0.4 is 4.90 Å². The van der Waals surface area contributed by atoms with Gasteiger partial charge in [0.1, 0.15) is 17.4 Å². The first-order chi connectivity index (χ1) is 18.6. The zero-order valence-electron chi connectivity index (χ0n) is 22.4. The van der Waals surface area contributed by atoms with Crippen molar-refractivity contribution in [3.05, 3.63) is 64.5 Å². The van der Waals surface area contributed by atoms with Gasteiger partial charge in [-0.3, -0.25) is 4.79 Å². The first kappa shape index (κ1) is 26.0. The van der Waals surface area contributed by atoms with Crippen LogP contribution in [0.15, 0.2) is 40.9 Å². The molecular weight excluding hydrogens is 519 g/mol. The summed E-state index contributed by atoms with van der Waals surface area (Å²) >= 11 is 5.97. The Morgan fingerprint density at radius 1 is 1.13 bits per heavy atom. The van der Waals surface area contributed by atoms with Crippen LogP contribution in [0.3, 0.4) is 0 Å². The van der Waals surface area contributed by atoms with Crippen molar-refractivity contribution in [2.75, 3.05) is 4.90 Å². The molecule has 6 rings (SSSR count). The summed E-state index contributed by atoms with van der Waals surface area (Å²) in [7, 11) is 0. The molecule has 3 heterocycles. The highest BCUT2D eigenvalue weighted by Gasteiger charge is 2.37. The summed E-state index contributed by atoms with van der Waals surface area (Å²) in [5.41, 5.74) is 4.33. The fourth-order valence-corrected chi connectivity index (χ4v) is 6.46. The van der Waals surface area contributed by atoms with Gasteiger partial charge < -0.3 is 19.1 Å². The van der Waals surface area contributed by atoms with E-state index in [9.17, 15) is 14.3 Å². The third kappa shape index (κ3) is 4.63. The molecule has 39 heavy (non-hydrogen) atoms. The van der Waals surface area contributed by atoms with E-state index >= 15 is 0 Å². The van der Waals surface area contributed by atoms with Gasteiger partial charge in [-0.05, 0) is 95.2 Å². The predicted molar refractivity (Wildman–Crippen MR) is 148 cm³/mol. The van der Waals surface area contributed by atoms with Gasteiger partial charge in [-0.15, -0.1) is 0 Å². The lowest BCUT2D eigenvalue weighted by atomic mass is 9.83. The van der Waals surface area contributed by atoms with Crippen LogP contribution in [0.5, 0.6) is 0 Å². The molecule has 2 aromatic heterocycles.